The topological polar surface area (TPSA) is 66.2 Å². The molecule has 3 saturated heterocycles. The molecule has 1 aromatic heterocycles. The smallest absolute Gasteiger partial charge is 0.290 e. The van der Waals surface area contributed by atoms with Crippen LogP contribution in [0.25, 0.3) is 0 Å². The van der Waals surface area contributed by atoms with Crippen LogP contribution in [0.1, 0.15) is 42.0 Å². The summed E-state index contributed by atoms with van der Waals surface area (Å²) in [5.74, 6) is 1.05. The number of amides is 2. The van der Waals surface area contributed by atoms with Gasteiger partial charge in [-0.05, 0) is 50.9 Å². The predicted octanol–water partition coefficient (Wildman–Crippen LogP) is 1.34. The van der Waals surface area contributed by atoms with Gasteiger partial charge in [-0.3, -0.25) is 14.5 Å². The van der Waals surface area contributed by atoms with E-state index in [1.165, 1.54) is 12.8 Å². The van der Waals surface area contributed by atoms with Crippen molar-refractivity contribution in [3.63, 3.8) is 0 Å². The minimum Gasteiger partial charge on any atom is -0.455 e. The fraction of sp³-hybridized carbons (Fsp3) is 0.684. The van der Waals surface area contributed by atoms with Crippen LogP contribution in [0, 0.1) is 0 Å². The molecule has 4 rings (SSSR count). The summed E-state index contributed by atoms with van der Waals surface area (Å²) in [6.07, 6.45) is 4.04. The molecule has 0 unspecified atom stereocenters. The van der Waals surface area contributed by atoms with Crippen LogP contribution in [0.15, 0.2) is 16.5 Å². The van der Waals surface area contributed by atoms with E-state index in [0.717, 1.165) is 38.2 Å². The number of carbonyl (C=O) groups excluding carboxylic acids is 2. The second kappa shape index (κ2) is 7.80. The second-order valence-corrected chi connectivity index (χ2v) is 7.34. The van der Waals surface area contributed by atoms with Gasteiger partial charge in [-0.25, -0.2) is 0 Å². The molecule has 7 nitrogen and oxygen atoms in total. The fourth-order valence-corrected chi connectivity index (χ4v) is 4.14. The lowest BCUT2D eigenvalue weighted by atomic mass is 10.1. The number of furan rings is 1. The molecule has 26 heavy (non-hydrogen) atoms. The highest BCUT2D eigenvalue weighted by Crippen LogP contribution is 2.24. The molecule has 0 saturated carbocycles. The Labute approximate surface area is 153 Å². The van der Waals surface area contributed by atoms with Gasteiger partial charge in [-0.1, -0.05) is 0 Å². The van der Waals surface area contributed by atoms with Crippen molar-refractivity contribution in [2.75, 3.05) is 45.9 Å². The van der Waals surface area contributed by atoms with E-state index in [2.05, 4.69) is 4.90 Å². The Balaban J connectivity index is 1.41. The molecule has 0 aromatic carbocycles. The SMILES string of the molecule is O=C([C@@H]1CCCN1C(=O)c1ccc(CN2CCCC2)o1)N1CCOCC1. The third-order valence-corrected chi connectivity index (χ3v) is 5.57. The summed E-state index contributed by atoms with van der Waals surface area (Å²) in [6, 6.07) is 3.27. The quantitative estimate of drug-likeness (QED) is 0.810. The lowest BCUT2D eigenvalue weighted by molar-refractivity contribution is -0.139. The molecule has 4 heterocycles. The van der Waals surface area contributed by atoms with Gasteiger partial charge in [0.05, 0.1) is 19.8 Å². The van der Waals surface area contributed by atoms with Gasteiger partial charge in [-0.2, -0.15) is 0 Å². The predicted molar refractivity (Wildman–Crippen MR) is 94.7 cm³/mol. The summed E-state index contributed by atoms with van der Waals surface area (Å²) in [6.45, 7) is 5.91. The molecule has 1 aromatic rings. The van der Waals surface area contributed by atoms with Crippen LogP contribution in [0.4, 0.5) is 0 Å². The zero-order chi connectivity index (χ0) is 17.9. The van der Waals surface area contributed by atoms with Crippen LogP contribution >= 0.6 is 0 Å². The van der Waals surface area contributed by atoms with E-state index in [1.807, 2.05) is 11.0 Å². The summed E-state index contributed by atoms with van der Waals surface area (Å²) < 4.78 is 11.1. The average Bonchev–Trinajstić information content (AvgIpc) is 3.43. The maximum atomic E-state index is 12.9. The Morgan fingerprint density at radius 2 is 1.77 bits per heavy atom. The van der Waals surface area contributed by atoms with E-state index in [0.29, 0.717) is 38.6 Å². The van der Waals surface area contributed by atoms with Crippen LogP contribution < -0.4 is 0 Å². The Hall–Kier alpha value is -1.86. The van der Waals surface area contributed by atoms with Crippen LogP contribution in [-0.2, 0) is 16.1 Å². The number of rotatable bonds is 4. The zero-order valence-electron chi connectivity index (χ0n) is 15.2. The van der Waals surface area contributed by atoms with E-state index in [9.17, 15) is 9.59 Å². The first-order chi connectivity index (χ1) is 12.7. The zero-order valence-corrected chi connectivity index (χ0v) is 15.2. The van der Waals surface area contributed by atoms with Gasteiger partial charge >= 0.3 is 0 Å². The molecular weight excluding hydrogens is 334 g/mol. The van der Waals surface area contributed by atoms with E-state index in [-0.39, 0.29) is 17.9 Å². The van der Waals surface area contributed by atoms with Crippen LogP contribution in [0.2, 0.25) is 0 Å². The van der Waals surface area contributed by atoms with Crippen LogP contribution in [-0.4, -0.2) is 78.5 Å². The van der Waals surface area contributed by atoms with E-state index >= 15 is 0 Å². The summed E-state index contributed by atoms with van der Waals surface area (Å²) in [4.78, 5) is 31.6. The third kappa shape index (κ3) is 3.64. The summed E-state index contributed by atoms with van der Waals surface area (Å²) in [5, 5.41) is 0. The number of carbonyl (C=O) groups is 2. The molecule has 3 aliphatic heterocycles. The molecular formula is C19H27N3O4. The van der Waals surface area contributed by atoms with Crippen molar-refractivity contribution in [1.29, 1.82) is 0 Å². The van der Waals surface area contributed by atoms with Gasteiger partial charge in [0, 0.05) is 19.6 Å². The monoisotopic (exact) mass is 361 g/mol. The minimum absolute atomic E-state index is 0.0444. The van der Waals surface area contributed by atoms with Gasteiger partial charge in [-0.15, -0.1) is 0 Å². The molecule has 1 atom stereocenters. The molecule has 142 valence electrons. The summed E-state index contributed by atoms with van der Waals surface area (Å²) in [5.41, 5.74) is 0. The van der Waals surface area contributed by atoms with Crippen molar-refractivity contribution in [2.45, 2.75) is 38.3 Å². The number of nitrogens with zero attached hydrogens (tertiary/aromatic N) is 3. The van der Waals surface area contributed by atoms with E-state index in [1.54, 1.807) is 11.0 Å². The number of hydrogen-bond acceptors (Lipinski definition) is 5. The van der Waals surface area contributed by atoms with E-state index < -0.39 is 0 Å². The largest absolute Gasteiger partial charge is 0.455 e. The number of morpholine rings is 1. The van der Waals surface area contributed by atoms with Gasteiger partial charge in [0.15, 0.2) is 5.76 Å². The van der Waals surface area contributed by atoms with Crippen molar-refractivity contribution < 1.29 is 18.7 Å². The highest BCUT2D eigenvalue weighted by molar-refractivity contribution is 5.96. The summed E-state index contributed by atoms with van der Waals surface area (Å²) in [7, 11) is 0. The maximum Gasteiger partial charge on any atom is 0.290 e. The highest BCUT2D eigenvalue weighted by atomic mass is 16.5. The Morgan fingerprint density at radius 3 is 2.54 bits per heavy atom. The number of likely N-dealkylation sites (tertiary alicyclic amines) is 2. The van der Waals surface area contributed by atoms with Crippen molar-refractivity contribution >= 4 is 11.8 Å². The fourth-order valence-electron chi connectivity index (χ4n) is 4.14. The molecule has 0 spiro atoms. The molecule has 7 heteroatoms. The standard InChI is InChI=1S/C19H27N3O4/c23-18(21-10-12-25-13-11-21)16-4-3-9-22(16)19(24)17-6-5-15(26-17)14-20-7-1-2-8-20/h5-6,16H,1-4,7-14H2/t16-/m0/s1. The van der Waals surface area contributed by atoms with Crippen LogP contribution in [0.5, 0.6) is 0 Å². The van der Waals surface area contributed by atoms with Crippen molar-refractivity contribution in [1.82, 2.24) is 14.7 Å². The lowest BCUT2D eigenvalue weighted by Crippen LogP contribution is -2.51. The van der Waals surface area contributed by atoms with Gasteiger partial charge in [0.1, 0.15) is 11.8 Å². The average molecular weight is 361 g/mol. The van der Waals surface area contributed by atoms with Gasteiger partial charge in [0.2, 0.25) is 5.91 Å². The first kappa shape index (κ1) is 17.5. The number of ether oxygens (including phenoxy) is 1. The molecule has 0 bridgehead atoms. The van der Waals surface area contributed by atoms with Crippen molar-refractivity contribution in [3.05, 3.63) is 23.7 Å². The Bertz CT molecular complexity index is 647. The minimum atomic E-state index is -0.368. The molecule has 0 aliphatic carbocycles. The first-order valence-electron chi connectivity index (χ1n) is 9.71. The molecule has 0 radical (unpaired) electrons. The Morgan fingerprint density at radius 1 is 1.00 bits per heavy atom. The first-order valence-corrected chi connectivity index (χ1v) is 9.71. The molecule has 2 amide bonds. The van der Waals surface area contributed by atoms with E-state index in [4.69, 9.17) is 9.15 Å². The van der Waals surface area contributed by atoms with Crippen LogP contribution in [0.3, 0.4) is 0 Å². The Kier molecular flexibility index (Phi) is 5.26. The molecule has 3 aliphatic rings. The third-order valence-electron chi connectivity index (χ3n) is 5.57. The summed E-state index contributed by atoms with van der Waals surface area (Å²) >= 11 is 0. The van der Waals surface area contributed by atoms with Crippen molar-refractivity contribution in [3.8, 4) is 0 Å². The number of hydrogen-bond donors (Lipinski definition) is 0. The second-order valence-electron chi connectivity index (χ2n) is 7.34. The highest BCUT2D eigenvalue weighted by Gasteiger charge is 2.38. The molecule has 3 fully saturated rings. The maximum absolute atomic E-state index is 12.9. The van der Waals surface area contributed by atoms with Gasteiger partial charge in [0.25, 0.3) is 5.91 Å². The molecule has 0 N–H and O–H groups in total. The van der Waals surface area contributed by atoms with Crippen molar-refractivity contribution in [2.24, 2.45) is 0 Å². The normalized spacial score (nSPS) is 24.4. The lowest BCUT2D eigenvalue weighted by Gasteiger charge is -2.32. The van der Waals surface area contributed by atoms with Gasteiger partial charge < -0.3 is 19.0 Å².